The number of amides is 1. The predicted molar refractivity (Wildman–Crippen MR) is 121 cm³/mol. The van der Waals surface area contributed by atoms with Crippen molar-refractivity contribution in [1.29, 1.82) is 0 Å². The van der Waals surface area contributed by atoms with E-state index >= 15 is 0 Å². The van der Waals surface area contributed by atoms with E-state index in [1.54, 1.807) is 19.0 Å². The lowest BCUT2D eigenvalue weighted by atomic mass is 9.88. The first-order valence-electron chi connectivity index (χ1n) is 11.4. The lowest BCUT2D eigenvalue weighted by Gasteiger charge is -2.19. The van der Waals surface area contributed by atoms with Crippen LogP contribution in [0.15, 0.2) is 54.1 Å². The van der Waals surface area contributed by atoms with Crippen LogP contribution in [0.4, 0.5) is 0 Å². The van der Waals surface area contributed by atoms with Crippen LogP contribution in [-0.4, -0.2) is 47.3 Å². The quantitative estimate of drug-likeness (QED) is 0.450. The number of fused-ring (bicyclic) bond motifs is 1. The highest BCUT2D eigenvalue weighted by molar-refractivity contribution is 5.75. The summed E-state index contributed by atoms with van der Waals surface area (Å²) in [7, 11) is 3.61. The molecular weight excluding hydrogens is 374 g/mol. The van der Waals surface area contributed by atoms with Gasteiger partial charge in [-0.3, -0.25) is 4.79 Å². The van der Waals surface area contributed by atoms with E-state index in [0.29, 0.717) is 24.7 Å². The fourth-order valence-electron chi connectivity index (χ4n) is 4.95. The average molecular weight is 412 g/mol. The van der Waals surface area contributed by atoms with Crippen molar-refractivity contribution < 1.29 is 15.0 Å². The summed E-state index contributed by atoms with van der Waals surface area (Å²) in [5.41, 5.74) is 2.72. The zero-order valence-electron chi connectivity index (χ0n) is 18.4. The lowest BCUT2D eigenvalue weighted by Crippen LogP contribution is -2.21. The number of carbonyl (C=O) groups excluding carboxylic acids is 1. The first-order valence-corrected chi connectivity index (χ1v) is 11.4. The number of unbranched alkanes of at least 4 members (excludes halogenated alkanes) is 1. The predicted octanol–water partition coefficient (Wildman–Crippen LogP) is 4.13. The number of carbonyl (C=O) groups is 1. The Morgan fingerprint density at radius 3 is 2.70 bits per heavy atom. The van der Waals surface area contributed by atoms with Crippen LogP contribution in [0, 0.1) is 17.8 Å². The molecular formula is C26H37NO3. The summed E-state index contributed by atoms with van der Waals surface area (Å²) >= 11 is 0. The summed E-state index contributed by atoms with van der Waals surface area (Å²) in [6, 6.07) is 10.2. The number of hydrogen-bond donors (Lipinski definition) is 2. The third-order valence-electron chi connectivity index (χ3n) is 6.71. The largest absolute Gasteiger partial charge is 0.392 e. The number of nitrogens with zero attached hydrogens (tertiary/aromatic N) is 1. The number of benzene rings is 1. The van der Waals surface area contributed by atoms with Gasteiger partial charge in [0.15, 0.2) is 0 Å². The van der Waals surface area contributed by atoms with Crippen molar-refractivity contribution in [2.45, 2.75) is 63.6 Å². The molecule has 5 atom stereocenters. The van der Waals surface area contributed by atoms with E-state index in [-0.39, 0.29) is 17.9 Å². The van der Waals surface area contributed by atoms with Gasteiger partial charge in [-0.2, -0.15) is 0 Å². The molecule has 0 radical (unpaired) electrons. The Bertz CT molecular complexity index is 740. The molecule has 1 aromatic rings. The second kappa shape index (κ2) is 10.9. The van der Waals surface area contributed by atoms with Gasteiger partial charge in [0.25, 0.3) is 0 Å². The normalized spacial score (nSPS) is 26.6. The maximum Gasteiger partial charge on any atom is 0.222 e. The number of allylic oxidation sites excluding steroid dienone is 2. The van der Waals surface area contributed by atoms with E-state index < -0.39 is 6.10 Å². The minimum atomic E-state index is -0.473. The highest BCUT2D eigenvalue weighted by Crippen LogP contribution is 2.48. The molecule has 2 aliphatic rings. The highest BCUT2D eigenvalue weighted by atomic mass is 16.3. The zero-order valence-corrected chi connectivity index (χ0v) is 18.4. The van der Waals surface area contributed by atoms with Gasteiger partial charge in [-0.15, -0.1) is 0 Å². The van der Waals surface area contributed by atoms with Crippen molar-refractivity contribution in [2.75, 3.05) is 14.1 Å². The molecule has 30 heavy (non-hydrogen) atoms. The van der Waals surface area contributed by atoms with E-state index in [1.165, 1.54) is 11.1 Å². The SMILES string of the molecule is CN(C)C(=O)CCCCC1=C[C@H]2C[C@@H](O)[C@H](/C=C/[C@@H](O)CCc3ccccc3)[C@H]2C1. The van der Waals surface area contributed by atoms with Crippen molar-refractivity contribution in [3.63, 3.8) is 0 Å². The third-order valence-corrected chi connectivity index (χ3v) is 6.71. The monoisotopic (exact) mass is 411 g/mol. The number of hydrogen-bond acceptors (Lipinski definition) is 3. The Morgan fingerprint density at radius 2 is 1.97 bits per heavy atom. The van der Waals surface area contributed by atoms with Crippen LogP contribution in [0.5, 0.6) is 0 Å². The molecule has 0 spiro atoms. The number of rotatable bonds is 10. The second-order valence-electron chi connectivity index (χ2n) is 9.21. The third kappa shape index (κ3) is 6.29. The van der Waals surface area contributed by atoms with E-state index in [1.807, 2.05) is 24.3 Å². The minimum absolute atomic E-state index is 0.130. The summed E-state index contributed by atoms with van der Waals surface area (Å²) in [5.74, 6) is 1.24. The Balaban J connectivity index is 1.43. The van der Waals surface area contributed by atoms with Crippen LogP contribution in [0.25, 0.3) is 0 Å². The molecule has 164 valence electrons. The van der Waals surface area contributed by atoms with Gasteiger partial charge >= 0.3 is 0 Å². The van der Waals surface area contributed by atoms with Gasteiger partial charge in [0.1, 0.15) is 0 Å². The van der Waals surface area contributed by atoms with Crippen molar-refractivity contribution in [1.82, 2.24) is 4.90 Å². The molecule has 1 fully saturated rings. The van der Waals surface area contributed by atoms with E-state index in [2.05, 4.69) is 24.3 Å². The van der Waals surface area contributed by atoms with Gasteiger partial charge in [0.2, 0.25) is 5.91 Å². The Morgan fingerprint density at radius 1 is 1.20 bits per heavy atom. The number of aliphatic hydroxyl groups excluding tert-OH is 2. The first kappa shape index (κ1) is 22.8. The summed E-state index contributed by atoms with van der Waals surface area (Å²) in [6.45, 7) is 0. The molecule has 0 heterocycles. The molecule has 0 saturated heterocycles. The molecule has 4 nitrogen and oxygen atoms in total. The second-order valence-corrected chi connectivity index (χ2v) is 9.21. The molecule has 3 rings (SSSR count). The Hall–Kier alpha value is -1.91. The van der Waals surface area contributed by atoms with Gasteiger partial charge < -0.3 is 15.1 Å². The average Bonchev–Trinajstić information content (AvgIpc) is 3.25. The van der Waals surface area contributed by atoms with E-state index in [4.69, 9.17) is 0 Å². The van der Waals surface area contributed by atoms with Crippen LogP contribution in [0.2, 0.25) is 0 Å². The van der Waals surface area contributed by atoms with E-state index in [9.17, 15) is 15.0 Å². The smallest absolute Gasteiger partial charge is 0.222 e. The maximum atomic E-state index is 11.7. The van der Waals surface area contributed by atoms with Crippen LogP contribution in [0.3, 0.4) is 0 Å². The van der Waals surface area contributed by atoms with Crippen molar-refractivity contribution in [3.8, 4) is 0 Å². The van der Waals surface area contributed by atoms with Gasteiger partial charge in [0.05, 0.1) is 12.2 Å². The first-order chi connectivity index (χ1) is 14.4. The van der Waals surface area contributed by atoms with Crippen molar-refractivity contribution in [3.05, 3.63) is 59.7 Å². The zero-order chi connectivity index (χ0) is 21.5. The topological polar surface area (TPSA) is 60.8 Å². The molecule has 4 heteroatoms. The van der Waals surface area contributed by atoms with Crippen LogP contribution in [-0.2, 0) is 11.2 Å². The molecule has 2 N–H and O–H groups in total. The maximum absolute atomic E-state index is 11.7. The molecule has 0 aliphatic heterocycles. The van der Waals surface area contributed by atoms with Crippen molar-refractivity contribution >= 4 is 5.91 Å². The summed E-state index contributed by atoms with van der Waals surface area (Å²) in [5, 5.41) is 20.9. The molecule has 0 bridgehead atoms. The van der Waals surface area contributed by atoms with Gasteiger partial charge in [-0.1, -0.05) is 54.1 Å². The molecule has 2 aliphatic carbocycles. The lowest BCUT2D eigenvalue weighted by molar-refractivity contribution is -0.128. The molecule has 1 aromatic carbocycles. The molecule has 1 saturated carbocycles. The van der Waals surface area contributed by atoms with Crippen molar-refractivity contribution in [2.24, 2.45) is 17.8 Å². The highest BCUT2D eigenvalue weighted by Gasteiger charge is 2.43. The van der Waals surface area contributed by atoms with Gasteiger partial charge in [0, 0.05) is 26.4 Å². The van der Waals surface area contributed by atoms with Gasteiger partial charge in [-0.05, 0) is 62.3 Å². The fraction of sp³-hybridized carbons (Fsp3) is 0.577. The van der Waals surface area contributed by atoms with Crippen LogP contribution in [0.1, 0.15) is 50.5 Å². The number of aliphatic hydroxyl groups is 2. The van der Waals surface area contributed by atoms with E-state index in [0.717, 1.165) is 38.5 Å². The number of aryl methyl sites for hydroxylation is 1. The van der Waals surface area contributed by atoms with Gasteiger partial charge in [-0.25, -0.2) is 0 Å². The van der Waals surface area contributed by atoms with Crippen LogP contribution < -0.4 is 0 Å². The summed E-state index contributed by atoms with van der Waals surface area (Å²) in [6.07, 6.45) is 12.6. The Kier molecular flexibility index (Phi) is 8.29. The summed E-state index contributed by atoms with van der Waals surface area (Å²) < 4.78 is 0. The minimum Gasteiger partial charge on any atom is -0.392 e. The molecule has 0 aromatic heterocycles. The van der Waals surface area contributed by atoms with Crippen LogP contribution >= 0.6 is 0 Å². The molecule has 1 amide bonds. The molecule has 0 unspecified atom stereocenters. The summed E-state index contributed by atoms with van der Waals surface area (Å²) in [4.78, 5) is 13.3. The fourth-order valence-corrected chi connectivity index (χ4v) is 4.95. The Labute approximate surface area is 181 Å². The standard InChI is InChI=1S/C26H37NO3/c1-27(2)26(30)11-7-6-10-20-16-21-18-25(29)23(24(21)17-20)15-14-22(28)13-12-19-8-4-3-5-9-19/h3-5,8-9,14-16,21-25,28-29H,6-7,10-13,17-18H2,1-2H3/b15-14+/t21-,22-,23+,24-,25+/m0/s1.